The van der Waals surface area contributed by atoms with E-state index in [2.05, 4.69) is 25.8 Å². The molecule has 0 saturated heterocycles. The number of hydrogen-bond donors (Lipinski definition) is 1. The van der Waals surface area contributed by atoms with E-state index >= 15 is 0 Å². The SMILES string of the molecule is COc1ccc(-c2csc(NC(=O)CSc3nnnn3-c3cccc(F)c3)n2)c(OC)c1. The minimum absolute atomic E-state index is 0.0520. The molecule has 0 atom stereocenters. The molecule has 0 unspecified atom stereocenters. The molecule has 2 heterocycles. The average molecular weight is 473 g/mol. The van der Waals surface area contributed by atoms with E-state index < -0.39 is 5.82 Å². The maximum absolute atomic E-state index is 13.5. The molecule has 1 N–H and O–H groups in total. The number of hydrogen-bond acceptors (Lipinski definition) is 9. The highest BCUT2D eigenvalue weighted by molar-refractivity contribution is 7.99. The lowest BCUT2D eigenvalue weighted by Crippen LogP contribution is -2.14. The Bertz CT molecular complexity index is 1250. The molecule has 9 nitrogen and oxygen atoms in total. The molecule has 0 radical (unpaired) electrons. The summed E-state index contributed by atoms with van der Waals surface area (Å²) in [6.45, 7) is 0. The summed E-state index contributed by atoms with van der Waals surface area (Å²) in [6, 6.07) is 11.3. The van der Waals surface area contributed by atoms with Crippen molar-refractivity contribution in [1.82, 2.24) is 25.2 Å². The number of aromatic nitrogens is 5. The van der Waals surface area contributed by atoms with Gasteiger partial charge in [0, 0.05) is 17.0 Å². The normalized spacial score (nSPS) is 10.7. The first-order valence-electron chi connectivity index (χ1n) is 9.22. The van der Waals surface area contributed by atoms with Crippen LogP contribution in [-0.2, 0) is 4.79 Å². The van der Waals surface area contributed by atoms with Crippen molar-refractivity contribution in [1.29, 1.82) is 0 Å². The van der Waals surface area contributed by atoms with Crippen LogP contribution in [0.4, 0.5) is 9.52 Å². The molecule has 12 heteroatoms. The third-order valence-corrected chi connectivity index (χ3v) is 5.94. The van der Waals surface area contributed by atoms with Crippen LogP contribution in [0.5, 0.6) is 11.5 Å². The lowest BCUT2D eigenvalue weighted by molar-refractivity contribution is -0.113. The topological polar surface area (TPSA) is 104 Å². The largest absolute Gasteiger partial charge is 0.497 e. The summed E-state index contributed by atoms with van der Waals surface area (Å²) in [4.78, 5) is 16.9. The first-order valence-corrected chi connectivity index (χ1v) is 11.1. The number of tetrazole rings is 1. The number of thioether (sulfide) groups is 1. The number of ether oxygens (including phenoxy) is 2. The highest BCUT2D eigenvalue weighted by atomic mass is 32.2. The second kappa shape index (κ2) is 9.75. The zero-order chi connectivity index (χ0) is 22.5. The first kappa shape index (κ1) is 21.7. The number of carbonyl (C=O) groups is 1. The van der Waals surface area contributed by atoms with Crippen molar-refractivity contribution in [3.05, 3.63) is 53.7 Å². The van der Waals surface area contributed by atoms with E-state index in [1.54, 1.807) is 32.4 Å². The Kier molecular flexibility index (Phi) is 6.61. The highest BCUT2D eigenvalue weighted by Crippen LogP contribution is 2.34. The third-order valence-electron chi connectivity index (χ3n) is 4.26. The third kappa shape index (κ3) is 4.86. The molecule has 2 aromatic carbocycles. The number of nitrogens with zero attached hydrogens (tertiary/aromatic N) is 5. The first-order chi connectivity index (χ1) is 15.6. The van der Waals surface area contributed by atoms with Crippen LogP contribution >= 0.6 is 23.1 Å². The number of thiazole rings is 1. The van der Waals surface area contributed by atoms with Crippen LogP contribution in [0.25, 0.3) is 16.9 Å². The molecular formula is C20H17FN6O3S2. The summed E-state index contributed by atoms with van der Waals surface area (Å²) in [5, 5.41) is 16.8. The zero-order valence-electron chi connectivity index (χ0n) is 17.0. The van der Waals surface area contributed by atoms with Gasteiger partial charge < -0.3 is 14.8 Å². The Balaban J connectivity index is 1.41. The van der Waals surface area contributed by atoms with Crippen molar-refractivity contribution in [2.24, 2.45) is 0 Å². The number of methoxy groups -OCH3 is 2. The molecule has 4 aromatic rings. The fourth-order valence-electron chi connectivity index (χ4n) is 2.79. The quantitative estimate of drug-likeness (QED) is 0.388. The standard InChI is InChI=1S/C20H17FN6O3S2/c1-29-14-6-7-15(17(9-14)30-2)16-10-31-19(22-16)23-18(28)11-32-20-24-25-26-27(20)13-5-3-4-12(21)8-13/h3-10H,11H2,1-2H3,(H,22,23,28). The van der Waals surface area contributed by atoms with Gasteiger partial charge in [-0.15, -0.1) is 16.4 Å². The van der Waals surface area contributed by atoms with Gasteiger partial charge in [-0.05, 0) is 40.8 Å². The van der Waals surface area contributed by atoms with E-state index in [4.69, 9.17) is 9.47 Å². The van der Waals surface area contributed by atoms with Crippen LogP contribution in [0, 0.1) is 5.82 Å². The van der Waals surface area contributed by atoms with Gasteiger partial charge in [0.05, 0.1) is 31.4 Å². The molecule has 0 saturated carbocycles. The van der Waals surface area contributed by atoms with Gasteiger partial charge in [0.25, 0.3) is 0 Å². The Morgan fingerprint density at radius 2 is 2.09 bits per heavy atom. The Morgan fingerprint density at radius 3 is 2.88 bits per heavy atom. The predicted molar refractivity (Wildman–Crippen MR) is 119 cm³/mol. The molecule has 2 aromatic heterocycles. The molecule has 4 rings (SSSR count). The summed E-state index contributed by atoms with van der Waals surface area (Å²) >= 11 is 2.43. The van der Waals surface area contributed by atoms with Crippen molar-refractivity contribution in [3.8, 4) is 28.4 Å². The number of benzene rings is 2. The number of amides is 1. The van der Waals surface area contributed by atoms with Gasteiger partial charge in [-0.3, -0.25) is 4.79 Å². The molecular weight excluding hydrogens is 455 g/mol. The highest BCUT2D eigenvalue weighted by Gasteiger charge is 2.15. The second-order valence-corrected chi connectivity index (χ2v) is 8.09. The Hall–Kier alpha value is -3.51. The number of halogens is 1. The lowest BCUT2D eigenvalue weighted by atomic mass is 10.1. The maximum atomic E-state index is 13.5. The van der Waals surface area contributed by atoms with Crippen molar-refractivity contribution < 1.29 is 18.7 Å². The van der Waals surface area contributed by atoms with Gasteiger partial charge in [0.1, 0.15) is 17.3 Å². The summed E-state index contributed by atoms with van der Waals surface area (Å²) < 4.78 is 25.5. The van der Waals surface area contributed by atoms with Crippen molar-refractivity contribution in [2.75, 3.05) is 25.3 Å². The fourth-order valence-corrected chi connectivity index (χ4v) is 4.21. The summed E-state index contributed by atoms with van der Waals surface area (Å²) in [6.07, 6.45) is 0. The monoisotopic (exact) mass is 472 g/mol. The number of rotatable bonds is 8. The van der Waals surface area contributed by atoms with Crippen LogP contribution in [0.15, 0.2) is 53.0 Å². The van der Waals surface area contributed by atoms with E-state index in [9.17, 15) is 9.18 Å². The minimum Gasteiger partial charge on any atom is -0.497 e. The van der Waals surface area contributed by atoms with Gasteiger partial charge in [0.15, 0.2) is 5.13 Å². The Morgan fingerprint density at radius 1 is 1.22 bits per heavy atom. The maximum Gasteiger partial charge on any atom is 0.236 e. The van der Waals surface area contributed by atoms with E-state index in [0.29, 0.717) is 33.2 Å². The van der Waals surface area contributed by atoms with E-state index in [0.717, 1.165) is 17.3 Å². The molecule has 1 amide bonds. The van der Waals surface area contributed by atoms with Crippen molar-refractivity contribution >= 4 is 34.1 Å². The van der Waals surface area contributed by atoms with Crippen LogP contribution in [0.1, 0.15) is 0 Å². The minimum atomic E-state index is -0.403. The number of carbonyl (C=O) groups excluding carboxylic acids is 1. The summed E-state index contributed by atoms with van der Waals surface area (Å²) in [5.41, 5.74) is 1.93. The van der Waals surface area contributed by atoms with Gasteiger partial charge >= 0.3 is 0 Å². The van der Waals surface area contributed by atoms with Crippen molar-refractivity contribution in [3.63, 3.8) is 0 Å². The summed E-state index contributed by atoms with van der Waals surface area (Å²) in [7, 11) is 3.15. The molecule has 0 fully saturated rings. The van der Waals surface area contributed by atoms with Crippen LogP contribution in [-0.4, -0.2) is 51.1 Å². The lowest BCUT2D eigenvalue weighted by Gasteiger charge is -2.08. The molecule has 32 heavy (non-hydrogen) atoms. The average Bonchev–Trinajstić information content (AvgIpc) is 3.47. The van der Waals surface area contributed by atoms with Gasteiger partial charge in [-0.2, -0.15) is 4.68 Å². The Labute approximate surface area is 190 Å². The molecule has 0 aliphatic carbocycles. The fraction of sp³-hybridized carbons (Fsp3) is 0.150. The van der Waals surface area contributed by atoms with Crippen LogP contribution < -0.4 is 14.8 Å². The predicted octanol–water partition coefficient (Wildman–Crippen LogP) is 3.67. The van der Waals surface area contributed by atoms with Crippen LogP contribution in [0.3, 0.4) is 0 Å². The van der Waals surface area contributed by atoms with Crippen molar-refractivity contribution in [2.45, 2.75) is 5.16 Å². The molecule has 0 aliphatic rings. The van der Waals surface area contributed by atoms with E-state index in [-0.39, 0.29) is 11.7 Å². The molecule has 164 valence electrons. The van der Waals surface area contributed by atoms with E-state index in [1.807, 2.05) is 17.5 Å². The summed E-state index contributed by atoms with van der Waals surface area (Å²) in [5.74, 6) is 0.668. The zero-order valence-corrected chi connectivity index (χ0v) is 18.6. The number of anilines is 1. The van der Waals surface area contributed by atoms with Gasteiger partial charge in [0.2, 0.25) is 11.1 Å². The smallest absolute Gasteiger partial charge is 0.236 e. The van der Waals surface area contributed by atoms with Gasteiger partial charge in [-0.25, -0.2) is 9.37 Å². The molecule has 0 spiro atoms. The molecule has 0 aliphatic heterocycles. The van der Waals surface area contributed by atoms with Crippen LogP contribution in [0.2, 0.25) is 0 Å². The number of nitrogens with one attached hydrogen (secondary N) is 1. The van der Waals surface area contributed by atoms with E-state index in [1.165, 1.54) is 28.2 Å². The molecule has 0 bridgehead atoms. The second-order valence-electron chi connectivity index (χ2n) is 6.29. The van der Waals surface area contributed by atoms with Gasteiger partial charge in [-0.1, -0.05) is 17.8 Å².